The van der Waals surface area contributed by atoms with Gasteiger partial charge in [0, 0.05) is 13.2 Å². The van der Waals surface area contributed by atoms with Crippen LogP contribution < -0.4 is 9.50 Å². The average molecular weight is 313 g/mol. The van der Waals surface area contributed by atoms with Crippen LogP contribution in [0.4, 0.5) is 5.82 Å². The van der Waals surface area contributed by atoms with Crippen molar-refractivity contribution in [3.05, 3.63) is 6.33 Å². The molecule has 1 saturated carbocycles. The van der Waals surface area contributed by atoms with Crippen molar-refractivity contribution in [1.82, 2.24) is 19.9 Å². The summed E-state index contributed by atoms with van der Waals surface area (Å²) in [5, 5.41) is 3.22. The van der Waals surface area contributed by atoms with Gasteiger partial charge in [-0.25, -0.2) is 4.98 Å². The van der Waals surface area contributed by atoms with Crippen molar-refractivity contribution in [1.29, 1.82) is 0 Å². The van der Waals surface area contributed by atoms with Gasteiger partial charge in [0.15, 0.2) is 11.5 Å². The molecule has 1 aliphatic carbocycles. The van der Waals surface area contributed by atoms with E-state index in [4.69, 9.17) is 8.92 Å². The zero-order chi connectivity index (χ0) is 15.0. The molecule has 0 radical (unpaired) electrons. The van der Waals surface area contributed by atoms with Gasteiger partial charge in [-0.3, -0.25) is 0 Å². The number of rotatable bonds is 5. The minimum atomic E-state index is -3.69. The van der Waals surface area contributed by atoms with Crippen molar-refractivity contribution >= 4 is 27.1 Å². The summed E-state index contributed by atoms with van der Waals surface area (Å²) < 4.78 is 32.3. The molecule has 3 rings (SSSR count). The fourth-order valence-corrected chi connectivity index (χ4v) is 2.50. The largest absolute Gasteiger partial charge is 0.381 e. The maximum Gasteiger partial charge on any atom is 0.337 e. The molecule has 0 spiro atoms. The second kappa shape index (κ2) is 5.11. The van der Waals surface area contributed by atoms with Gasteiger partial charge in [0.05, 0.1) is 18.7 Å². The fraction of sp³-hybridized carbons (Fsp3) is 0.545. The number of fused-ring (bicyclic) bond motifs is 1. The zero-order valence-corrected chi connectivity index (χ0v) is 12.3. The van der Waals surface area contributed by atoms with E-state index in [1.54, 1.807) is 7.11 Å². The lowest BCUT2D eigenvalue weighted by atomic mass is 9.89. The Bertz CT molecular complexity index is 753. The van der Waals surface area contributed by atoms with Gasteiger partial charge in [0.25, 0.3) is 0 Å². The molecule has 1 fully saturated rings. The van der Waals surface area contributed by atoms with E-state index in [0.29, 0.717) is 17.0 Å². The Labute approximate surface area is 121 Å². The second-order valence-electron chi connectivity index (χ2n) is 4.91. The van der Waals surface area contributed by atoms with Crippen LogP contribution in [0, 0.1) is 0 Å². The molecule has 2 N–H and O–H groups in total. The number of aromatic amines is 1. The third kappa shape index (κ3) is 3.05. The number of ether oxygens (including phenoxy) is 1. The molecule has 114 valence electrons. The van der Waals surface area contributed by atoms with Gasteiger partial charge in [-0.05, 0) is 12.8 Å². The molecule has 0 aromatic carbocycles. The van der Waals surface area contributed by atoms with Crippen LogP contribution in [0.15, 0.2) is 6.33 Å². The van der Waals surface area contributed by atoms with Crippen LogP contribution >= 0.6 is 0 Å². The predicted molar refractivity (Wildman–Crippen MR) is 74.6 cm³/mol. The zero-order valence-electron chi connectivity index (χ0n) is 11.5. The highest BCUT2D eigenvalue weighted by Gasteiger charge is 2.30. The normalized spacial score (nSPS) is 22.0. The molecular formula is C11H15N5O4S. The Morgan fingerprint density at radius 3 is 2.81 bits per heavy atom. The quantitative estimate of drug-likeness (QED) is 0.755. The van der Waals surface area contributed by atoms with Crippen molar-refractivity contribution in [3.8, 4) is 6.01 Å². The lowest BCUT2D eigenvalue weighted by Crippen LogP contribution is -2.40. The first-order valence-corrected chi connectivity index (χ1v) is 8.16. The monoisotopic (exact) mass is 313 g/mol. The Balaban J connectivity index is 1.87. The van der Waals surface area contributed by atoms with E-state index in [-0.39, 0.29) is 18.2 Å². The highest BCUT2D eigenvalue weighted by atomic mass is 32.2. The van der Waals surface area contributed by atoms with Crippen LogP contribution in [0.5, 0.6) is 6.01 Å². The van der Waals surface area contributed by atoms with E-state index in [9.17, 15) is 8.42 Å². The summed E-state index contributed by atoms with van der Waals surface area (Å²) in [6.45, 7) is 0. The first-order valence-electron chi connectivity index (χ1n) is 6.34. The first kappa shape index (κ1) is 14.0. The van der Waals surface area contributed by atoms with E-state index < -0.39 is 10.1 Å². The minimum Gasteiger partial charge on any atom is -0.381 e. The number of imidazole rings is 1. The third-order valence-electron chi connectivity index (χ3n) is 3.26. The van der Waals surface area contributed by atoms with Crippen LogP contribution in [0.25, 0.3) is 11.2 Å². The molecule has 0 amide bonds. The fourth-order valence-electron chi connectivity index (χ4n) is 2.16. The summed E-state index contributed by atoms with van der Waals surface area (Å²) in [5.41, 5.74) is 0.950. The molecule has 2 aromatic rings. The van der Waals surface area contributed by atoms with Crippen molar-refractivity contribution in [2.45, 2.75) is 25.0 Å². The van der Waals surface area contributed by atoms with E-state index in [1.807, 2.05) is 0 Å². The Morgan fingerprint density at radius 2 is 2.14 bits per heavy atom. The molecule has 10 heteroatoms. The molecule has 2 aromatic heterocycles. The van der Waals surface area contributed by atoms with Crippen LogP contribution in [0.2, 0.25) is 0 Å². The maximum absolute atomic E-state index is 11.2. The van der Waals surface area contributed by atoms with Crippen molar-refractivity contribution in [2.24, 2.45) is 0 Å². The topological polar surface area (TPSA) is 119 Å². The lowest BCUT2D eigenvalue weighted by molar-refractivity contribution is 0.0328. The first-order chi connectivity index (χ1) is 9.94. The van der Waals surface area contributed by atoms with E-state index in [1.165, 1.54) is 6.33 Å². The number of hydrogen-bond acceptors (Lipinski definition) is 8. The highest BCUT2D eigenvalue weighted by molar-refractivity contribution is 7.86. The lowest BCUT2D eigenvalue weighted by Gasteiger charge is -2.34. The highest BCUT2D eigenvalue weighted by Crippen LogP contribution is 2.28. The molecule has 9 nitrogen and oxygen atoms in total. The molecule has 0 aliphatic heterocycles. The molecule has 0 saturated heterocycles. The maximum atomic E-state index is 11.2. The average Bonchev–Trinajstić information content (AvgIpc) is 2.78. The van der Waals surface area contributed by atoms with Crippen LogP contribution in [-0.2, 0) is 14.9 Å². The molecule has 0 bridgehead atoms. The summed E-state index contributed by atoms with van der Waals surface area (Å²) in [6.07, 6.45) is 4.37. The molecule has 0 unspecified atom stereocenters. The predicted octanol–water partition coefficient (Wildman–Crippen LogP) is 0.281. The standard InChI is InChI=1S/C11H15N5O4S/c1-19-7-3-6(4-7)14-10-8-9(13-5-12-8)15-11(16-10)20-21(2,17)18/h5-7H,3-4H2,1-2H3,(H2,12,13,14,15,16). The van der Waals surface area contributed by atoms with Crippen molar-refractivity contribution in [2.75, 3.05) is 18.7 Å². The number of nitrogens with one attached hydrogen (secondary N) is 2. The van der Waals surface area contributed by atoms with Crippen LogP contribution in [0.1, 0.15) is 12.8 Å². The van der Waals surface area contributed by atoms with Gasteiger partial charge in [-0.1, -0.05) is 0 Å². The second-order valence-corrected chi connectivity index (χ2v) is 6.49. The Hall–Kier alpha value is -1.94. The van der Waals surface area contributed by atoms with Crippen LogP contribution in [-0.4, -0.2) is 53.9 Å². The van der Waals surface area contributed by atoms with Gasteiger partial charge >= 0.3 is 16.1 Å². The summed E-state index contributed by atoms with van der Waals surface area (Å²) in [7, 11) is -2.01. The summed E-state index contributed by atoms with van der Waals surface area (Å²) in [4.78, 5) is 15.0. The van der Waals surface area contributed by atoms with E-state index >= 15 is 0 Å². The molecular weight excluding hydrogens is 298 g/mol. The van der Waals surface area contributed by atoms with Gasteiger partial charge in [-0.15, -0.1) is 0 Å². The number of aromatic nitrogens is 4. The van der Waals surface area contributed by atoms with Gasteiger partial charge < -0.3 is 19.2 Å². The third-order valence-corrected chi connectivity index (χ3v) is 3.71. The van der Waals surface area contributed by atoms with E-state index in [0.717, 1.165) is 19.1 Å². The molecule has 0 atom stereocenters. The number of H-pyrrole nitrogens is 1. The minimum absolute atomic E-state index is 0.211. The molecule has 2 heterocycles. The van der Waals surface area contributed by atoms with Gasteiger partial charge in [0.1, 0.15) is 5.52 Å². The molecule has 1 aliphatic rings. The number of nitrogens with zero attached hydrogens (tertiary/aromatic N) is 3. The Kier molecular flexibility index (Phi) is 3.41. The van der Waals surface area contributed by atoms with Crippen molar-refractivity contribution < 1.29 is 17.3 Å². The summed E-state index contributed by atoms with van der Waals surface area (Å²) in [6, 6.07) is -0.0374. The summed E-state index contributed by atoms with van der Waals surface area (Å²) in [5.74, 6) is 0.468. The van der Waals surface area contributed by atoms with E-state index in [2.05, 4.69) is 25.3 Å². The smallest absolute Gasteiger partial charge is 0.337 e. The number of anilines is 1. The van der Waals surface area contributed by atoms with Gasteiger partial charge in [0.2, 0.25) is 0 Å². The SMILES string of the molecule is COC1CC(Nc2nc(OS(C)(=O)=O)nc3nc[nH]c23)C1. The van der Waals surface area contributed by atoms with Crippen LogP contribution in [0.3, 0.4) is 0 Å². The summed E-state index contributed by atoms with van der Waals surface area (Å²) >= 11 is 0. The molecule has 21 heavy (non-hydrogen) atoms. The number of methoxy groups -OCH3 is 1. The van der Waals surface area contributed by atoms with Gasteiger partial charge in [-0.2, -0.15) is 18.4 Å². The number of hydrogen-bond donors (Lipinski definition) is 2. The Morgan fingerprint density at radius 1 is 1.38 bits per heavy atom. The van der Waals surface area contributed by atoms with Crippen molar-refractivity contribution in [3.63, 3.8) is 0 Å².